The summed E-state index contributed by atoms with van der Waals surface area (Å²) in [7, 11) is 0. The van der Waals surface area contributed by atoms with Crippen LogP contribution in [-0.2, 0) is 16.1 Å². The highest BCUT2D eigenvalue weighted by Gasteiger charge is 2.37. The van der Waals surface area contributed by atoms with Crippen molar-refractivity contribution < 1.29 is 14.7 Å². The molecule has 2 heterocycles. The molecule has 0 aliphatic carbocycles. The number of carboxylic acid groups (broad SMARTS) is 1. The SMILES string of the molecule is CC(C)Cn1c2c(c(=O)[nH]c1=O)C(CC(=O)O)C(=O)N2. The van der Waals surface area contributed by atoms with Crippen LogP contribution < -0.4 is 16.6 Å². The first-order chi connectivity index (χ1) is 9.31. The Morgan fingerprint density at radius 3 is 2.55 bits per heavy atom. The van der Waals surface area contributed by atoms with Crippen LogP contribution >= 0.6 is 0 Å². The minimum atomic E-state index is -1.18. The van der Waals surface area contributed by atoms with Crippen molar-refractivity contribution in [3.05, 3.63) is 26.4 Å². The summed E-state index contributed by atoms with van der Waals surface area (Å²) >= 11 is 0. The Labute approximate surface area is 113 Å². The maximum absolute atomic E-state index is 11.9. The van der Waals surface area contributed by atoms with Gasteiger partial charge in [0.25, 0.3) is 5.56 Å². The predicted molar refractivity (Wildman–Crippen MR) is 69.8 cm³/mol. The minimum absolute atomic E-state index is 0.0256. The molecule has 0 bridgehead atoms. The summed E-state index contributed by atoms with van der Waals surface area (Å²) in [5, 5.41) is 11.3. The van der Waals surface area contributed by atoms with E-state index < -0.39 is 35.5 Å². The van der Waals surface area contributed by atoms with Crippen molar-refractivity contribution in [1.29, 1.82) is 0 Å². The maximum atomic E-state index is 11.9. The highest BCUT2D eigenvalue weighted by atomic mass is 16.4. The van der Waals surface area contributed by atoms with Crippen molar-refractivity contribution in [3.8, 4) is 0 Å². The molecule has 1 amide bonds. The first-order valence-electron chi connectivity index (χ1n) is 6.21. The molecule has 1 aliphatic rings. The number of carbonyl (C=O) groups is 2. The monoisotopic (exact) mass is 281 g/mol. The Balaban J connectivity index is 2.61. The lowest BCUT2D eigenvalue weighted by atomic mass is 10.00. The van der Waals surface area contributed by atoms with Crippen LogP contribution in [0.15, 0.2) is 9.59 Å². The molecular weight excluding hydrogens is 266 g/mol. The van der Waals surface area contributed by atoms with Gasteiger partial charge in [-0.2, -0.15) is 0 Å². The molecule has 0 saturated carbocycles. The number of anilines is 1. The van der Waals surface area contributed by atoms with Gasteiger partial charge in [0.1, 0.15) is 5.82 Å². The van der Waals surface area contributed by atoms with Gasteiger partial charge in [0.05, 0.1) is 17.9 Å². The van der Waals surface area contributed by atoms with E-state index in [4.69, 9.17) is 5.11 Å². The lowest BCUT2D eigenvalue weighted by Crippen LogP contribution is -2.34. The van der Waals surface area contributed by atoms with E-state index in [-0.39, 0.29) is 17.3 Å². The topological polar surface area (TPSA) is 121 Å². The average molecular weight is 281 g/mol. The zero-order valence-electron chi connectivity index (χ0n) is 11.1. The fourth-order valence-electron chi connectivity index (χ4n) is 2.29. The number of rotatable bonds is 4. The number of carboxylic acids is 1. The number of carbonyl (C=O) groups excluding carboxylic acids is 1. The molecule has 2 rings (SSSR count). The van der Waals surface area contributed by atoms with E-state index in [1.165, 1.54) is 4.57 Å². The van der Waals surface area contributed by atoms with Crippen LogP contribution in [-0.4, -0.2) is 26.5 Å². The van der Waals surface area contributed by atoms with E-state index in [9.17, 15) is 19.2 Å². The van der Waals surface area contributed by atoms with E-state index in [0.29, 0.717) is 6.54 Å². The summed E-state index contributed by atoms with van der Waals surface area (Å²) < 4.78 is 1.27. The molecule has 0 spiro atoms. The normalized spacial score (nSPS) is 17.1. The van der Waals surface area contributed by atoms with E-state index >= 15 is 0 Å². The number of hydrogen-bond acceptors (Lipinski definition) is 4. The van der Waals surface area contributed by atoms with Crippen LogP contribution in [0.2, 0.25) is 0 Å². The van der Waals surface area contributed by atoms with Crippen molar-refractivity contribution >= 4 is 17.7 Å². The molecule has 20 heavy (non-hydrogen) atoms. The predicted octanol–water partition coefficient (Wildman–Crippen LogP) is -0.297. The number of aromatic amines is 1. The van der Waals surface area contributed by atoms with Crippen molar-refractivity contribution in [2.75, 3.05) is 5.32 Å². The Kier molecular flexibility index (Phi) is 3.47. The Morgan fingerprint density at radius 1 is 1.35 bits per heavy atom. The van der Waals surface area contributed by atoms with Crippen LogP contribution in [0.5, 0.6) is 0 Å². The van der Waals surface area contributed by atoms with Crippen molar-refractivity contribution in [2.45, 2.75) is 32.7 Å². The Morgan fingerprint density at radius 2 is 2.00 bits per heavy atom. The number of hydrogen-bond donors (Lipinski definition) is 3. The van der Waals surface area contributed by atoms with E-state index in [0.717, 1.165) is 0 Å². The highest BCUT2D eigenvalue weighted by Crippen LogP contribution is 2.31. The summed E-state index contributed by atoms with van der Waals surface area (Å²) in [6.45, 7) is 4.09. The molecule has 0 fully saturated rings. The third-order valence-corrected chi connectivity index (χ3v) is 3.07. The average Bonchev–Trinajstić information content (AvgIpc) is 2.61. The number of aromatic nitrogens is 2. The van der Waals surface area contributed by atoms with Gasteiger partial charge in [-0.05, 0) is 5.92 Å². The van der Waals surface area contributed by atoms with Gasteiger partial charge in [-0.3, -0.25) is 23.9 Å². The fraction of sp³-hybridized carbons (Fsp3) is 0.500. The highest BCUT2D eigenvalue weighted by molar-refractivity contribution is 6.03. The molecular formula is C12H15N3O5. The van der Waals surface area contributed by atoms with Gasteiger partial charge in [-0.1, -0.05) is 13.8 Å². The van der Waals surface area contributed by atoms with Crippen molar-refractivity contribution in [2.24, 2.45) is 5.92 Å². The lowest BCUT2D eigenvalue weighted by Gasteiger charge is -2.12. The molecule has 1 unspecified atom stereocenters. The minimum Gasteiger partial charge on any atom is -0.481 e. The van der Waals surface area contributed by atoms with Gasteiger partial charge >= 0.3 is 11.7 Å². The number of aliphatic carboxylic acids is 1. The van der Waals surface area contributed by atoms with Crippen molar-refractivity contribution in [1.82, 2.24) is 9.55 Å². The summed E-state index contributed by atoms with van der Waals surface area (Å²) in [6, 6.07) is 0. The lowest BCUT2D eigenvalue weighted by molar-refractivity contribution is -0.138. The molecule has 1 aromatic rings. The molecule has 8 nitrogen and oxygen atoms in total. The Hall–Kier alpha value is -2.38. The molecule has 1 aromatic heterocycles. The van der Waals surface area contributed by atoms with Crippen LogP contribution in [0.4, 0.5) is 5.82 Å². The van der Waals surface area contributed by atoms with Gasteiger partial charge in [0.15, 0.2) is 0 Å². The molecule has 0 aromatic carbocycles. The third-order valence-electron chi connectivity index (χ3n) is 3.07. The van der Waals surface area contributed by atoms with Gasteiger partial charge in [0, 0.05) is 6.54 Å². The number of nitrogens with zero attached hydrogens (tertiary/aromatic N) is 1. The first-order valence-corrected chi connectivity index (χ1v) is 6.21. The fourth-order valence-corrected chi connectivity index (χ4v) is 2.29. The van der Waals surface area contributed by atoms with E-state index in [1.54, 1.807) is 0 Å². The second kappa shape index (κ2) is 4.95. The summed E-state index contributed by atoms with van der Waals surface area (Å²) in [5.41, 5.74) is -1.30. The van der Waals surface area contributed by atoms with Gasteiger partial charge in [-0.25, -0.2) is 4.79 Å². The molecule has 8 heteroatoms. The van der Waals surface area contributed by atoms with Crippen LogP contribution in [0, 0.1) is 5.92 Å². The quantitative estimate of drug-likeness (QED) is 0.699. The summed E-state index contributed by atoms with van der Waals surface area (Å²) in [4.78, 5) is 48.4. The second-order valence-electron chi connectivity index (χ2n) is 5.17. The molecule has 0 radical (unpaired) electrons. The maximum Gasteiger partial charge on any atom is 0.329 e. The van der Waals surface area contributed by atoms with Crippen LogP contribution in [0.1, 0.15) is 31.7 Å². The third kappa shape index (κ3) is 2.36. The number of nitrogens with one attached hydrogen (secondary N) is 2. The second-order valence-corrected chi connectivity index (χ2v) is 5.17. The van der Waals surface area contributed by atoms with E-state index in [2.05, 4.69) is 10.3 Å². The van der Waals surface area contributed by atoms with Gasteiger partial charge in [0.2, 0.25) is 5.91 Å². The number of fused-ring (bicyclic) bond motifs is 1. The zero-order chi connectivity index (χ0) is 15.0. The van der Waals surface area contributed by atoms with Crippen LogP contribution in [0.3, 0.4) is 0 Å². The number of amides is 1. The summed E-state index contributed by atoms with van der Waals surface area (Å²) in [6.07, 6.45) is -0.484. The van der Waals surface area contributed by atoms with Crippen LogP contribution in [0.25, 0.3) is 0 Å². The van der Waals surface area contributed by atoms with Gasteiger partial charge in [-0.15, -0.1) is 0 Å². The largest absolute Gasteiger partial charge is 0.481 e. The standard InChI is InChI=1S/C12H15N3O5/c1-5(2)4-15-9-8(11(19)14-12(15)20)6(3-7(16)17)10(18)13-9/h5-6H,3-4H2,1-2H3,(H,13,18)(H,16,17)(H,14,19,20). The Bertz CT molecular complexity index is 685. The molecule has 0 saturated heterocycles. The number of H-pyrrole nitrogens is 1. The van der Waals surface area contributed by atoms with Gasteiger partial charge < -0.3 is 10.4 Å². The van der Waals surface area contributed by atoms with Crippen molar-refractivity contribution in [3.63, 3.8) is 0 Å². The summed E-state index contributed by atoms with van der Waals surface area (Å²) in [5.74, 6) is -2.58. The molecule has 3 N–H and O–H groups in total. The zero-order valence-corrected chi connectivity index (χ0v) is 11.1. The molecule has 1 aliphatic heterocycles. The van der Waals surface area contributed by atoms with E-state index in [1.807, 2.05) is 13.8 Å². The first kappa shape index (κ1) is 14.0. The molecule has 1 atom stereocenters. The smallest absolute Gasteiger partial charge is 0.329 e. The molecule has 108 valence electrons.